The Hall–Kier alpha value is -0.120. The number of hydrogen-bond acceptors (Lipinski definition) is 3. The van der Waals surface area contributed by atoms with E-state index >= 15 is 0 Å². The van der Waals surface area contributed by atoms with Crippen LogP contribution in [0.25, 0.3) is 0 Å². The van der Waals surface area contributed by atoms with Crippen LogP contribution >= 0.6 is 0 Å². The van der Waals surface area contributed by atoms with Crippen molar-refractivity contribution in [2.75, 3.05) is 32.8 Å². The Morgan fingerprint density at radius 1 is 1.31 bits per heavy atom. The molecule has 0 bridgehead atoms. The number of ether oxygens (including phenoxy) is 1. The Morgan fingerprint density at radius 2 is 2.00 bits per heavy atom. The Labute approximate surface area is 79.7 Å². The second-order valence-electron chi connectivity index (χ2n) is 4.17. The summed E-state index contributed by atoms with van der Waals surface area (Å²) in [5.41, 5.74) is 0. The number of nitrogens with zero attached hydrogens (tertiary/aromatic N) is 1. The predicted octanol–water partition coefficient (Wildman–Crippen LogP) is 0.480. The largest absolute Gasteiger partial charge is 0.392 e. The third-order valence-electron chi connectivity index (χ3n) is 3.24. The Bertz CT molecular complexity index is 153. The van der Waals surface area contributed by atoms with Gasteiger partial charge >= 0.3 is 0 Å². The topological polar surface area (TPSA) is 32.7 Å². The minimum atomic E-state index is -0.0909. The second-order valence-corrected chi connectivity index (χ2v) is 4.17. The molecule has 1 aliphatic heterocycles. The van der Waals surface area contributed by atoms with Crippen LogP contribution in [0.4, 0.5) is 0 Å². The zero-order valence-electron chi connectivity index (χ0n) is 8.11. The lowest BCUT2D eigenvalue weighted by Crippen LogP contribution is -2.44. The van der Waals surface area contributed by atoms with Crippen molar-refractivity contribution in [1.29, 1.82) is 0 Å². The van der Waals surface area contributed by atoms with Gasteiger partial charge in [0, 0.05) is 19.6 Å². The fourth-order valence-electron chi connectivity index (χ4n) is 2.02. The van der Waals surface area contributed by atoms with Crippen LogP contribution in [0.15, 0.2) is 0 Å². The minimum Gasteiger partial charge on any atom is -0.392 e. The molecule has 1 N–H and O–H groups in total. The second kappa shape index (κ2) is 4.40. The highest BCUT2D eigenvalue weighted by Crippen LogP contribution is 2.29. The van der Waals surface area contributed by atoms with E-state index in [4.69, 9.17) is 4.74 Å². The van der Waals surface area contributed by atoms with Gasteiger partial charge in [0.1, 0.15) is 0 Å². The molecule has 1 saturated heterocycles. The van der Waals surface area contributed by atoms with Gasteiger partial charge in [-0.15, -0.1) is 0 Å². The van der Waals surface area contributed by atoms with Crippen molar-refractivity contribution in [1.82, 2.24) is 4.90 Å². The predicted molar refractivity (Wildman–Crippen MR) is 50.6 cm³/mol. The Morgan fingerprint density at radius 3 is 2.54 bits per heavy atom. The van der Waals surface area contributed by atoms with E-state index in [9.17, 15) is 5.11 Å². The molecule has 3 heteroatoms. The standard InChI is InChI=1S/C10H19NO2/c12-10(9-2-1-3-9)8-11-4-6-13-7-5-11/h9-10,12H,1-8H2. The lowest BCUT2D eigenvalue weighted by Gasteiger charge is -2.35. The van der Waals surface area contributed by atoms with E-state index in [1.807, 2.05) is 0 Å². The van der Waals surface area contributed by atoms with E-state index in [2.05, 4.69) is 4.90 Å². The summed E-state index contributed by atoms with van der Waals surface area (Å²) in [7, 11) is 0. The van der Waals surface area contributed by atoms with Gasteiger partial charge < -0.3 is 9.84 Å². The van der Waals surface area contributed by atoms with Crippen LogP contribution in [0.2, 0.25) is 0 Å². The molecular formula is C10H19NO2. The fourth-order valence-corrected chi connectivity index (χ4v) is 2.02. The van der Waals surface area contributed by atoms with Crippen LogP contribution in [-0.4, -0.2) is 49.0 Å². The van der Waals surface area contributed by atoms with Crippen molar-refractivity contribution in [3.8, 4) is 0 Å². The summed E-state index contributed by atoms with van der Waals surface area (Å²) >= 11 is 0. The smallest absolute Gasteiger partial charge is 0.0695 e. The molecule has 1 heterocycles. The monoisotopic (exact) mass is 185 g/mol. The van der Waals surface area contributed by atoms with Gasteiger partial charge in [0.25, 0.3) is 0 Å². The molecule has 1 aliphatic carbocycles. The number of hydrogen-bond donors (Lipinski definition) is 1. The van der Waals surface area contributed by atoms with Crippen LogP contribution in [0.1, 0.15) is 19.3 Å². The third kappa shape index (κ3) is 2.42. The molecule has 0 aromatic carbocycles. The molecule has 1 saturated carbocycles. The van der Waals surface area contributed by atoms with Crippen LogP contribution in [0.5, 0.6) is 0 Å². The number of rotatable bonds is 3. The van der Waals surface area contributed by atoms with E-state index in [-0.39, 0.29) is 6.10 Å². The van der Waals surface area contributed by atoms with Crippen LogP contribution in [0.3, 0.4) is 0 Å². The van der Waals surface area contributed by atoms with E-state index in [0.29, 0.717) is 5.92 Å². The third-order valence-corrected chi connectivity index (χ3v) is 3.24. The zero-order valence-corrected chi connectivity index (χ0v) is 8.11. The molecule has 0 spiro atoms. The van der Waals surface area contributed by atoms with Crippen molar-refractivity contribution in [3.05, 3.63) is 0 Å². The average molecular weight is 185 g/mol. The van der Waals surface area contributed by atoms with Gasteiger partial charge in [0.15, 0.2) is 0 Å². The van der Waals surface area contributed by atoms with Crippen molar-refractivity contribution in [2.45, 2.75) is 25.4 Å². The van der Waals surface area contributed by atoms with Gasteiger partial charge in [-0.05, 0) is 18.8 Å². The molecule has 2 rings (SSSR count). The first-order chi connectivity index (χ1) is 6.36. The molecule has 0 radical (unpaired) electrons. The molecule has 3 nitrogen and oxygen atoms in total. The number of morpholine rings is 1. The van der Waals surface area contributed by atoms with Crippen molar-refractivity contribution >= 4 is 0 Å². The van der Waals surface area contributed by atoms with Crippen LogP contribution < -0.4 is 0 Å². The highest BCUT2D eigenvalue weighted by Gasteiger charge is 2.27. The maximum atomic E-state index is 9.84. The van der Waals surface area contributed by atoms with Crippen LogP contribution in [0, 0.1) is 5.92 Å². The molecule has 1 unspecified atom stereocenters. The van der Waals surface area contributed by atoms with E-state index < -0.39 is 0 Å². The van der Waals surface area contributed by atoms with Gasteiger partial charge in [-0.2, -0.15) is 0 Å². The first-order valence-corrected chi connectivity index (χ1v) is 5.34. The molecule has 1 atom stereocenters. The highest BCUT2D eigenvalue weighted by molar-refractivity contribution is 4.79. The lowest BCUT2D eigenvalue weighted by molar-refractivity contribution is -0.0120. The molecule has 0 aromatic rings. The van der Waals surface area contributed by atoms with E-state index in [1.54, 1.807) is 0 Å². The fraction of sp³-hybridized carbons (Fsp3) is 1.00. The molecule has 13 heavy (non-hydrogen) atoms. The molecule has 76 valence electrons. The summed E-state index contributed by atoms with van der Waals surface area (Å²) in [6, 6.07) is 0. The summed E-state index contributed by atoms with van der Waals surface area (Å²) < 4.78 is 5.26. The summed E-state index contributed by atoms with van der Waals surface area (Å²) in [5.74, 6) is 0.586. The minimum absolute atomic E-state index is 0.0909. The van der Waals surface area contributed by atoms with Crippen molar-refractivity contribution < 1.29 is 9.84 Å². The molecule has 2 fully saturated rings. The summed E-state index contributed by atoms with van der Waals surface area (Å²) in [6.07, 6.45) is 3.67. The van der Waals surface area contributed by atoms with Crippen molar-refractivity contribution in [2.24, 2.45) is 5.92 Å². The molecule has 2 aliphatic rings. The van der Waals surface area contributed by atoms with E-state index in [0.717, 1.165) is 32.8 Å². The average Bonchev–Trinajstić information content (AvgIpc) is 2.02. The zero-order chi connectivity index (χ0) is 9.10. The number of aliphatic hydroxyl groups excluding tert-OH is 1. The Kier molecular flexibility index (Phi) is 3.19. The normalized spacial score (nSPS) is 28.4. The quantitative estimate of drug-likeness (QED) is 0.694. The lowest BCUT2D eigenvalue weighted by atomic mass is 9.81. The summed E-state index contributed by atoms with van der Waals surface area (Å²) in [4.78, 5) is 2.31. The van der Waals surface area contributed by atoms with Crippen molar-refractivity contribution in [3.63, 3.8) is 0 Å². The molecular weight excluding hydrogens is 166 g/mol. The van der Waals surface area contributed by atoms with Crippen LogP contribution in [-0.2, 0) is 4.74 Å². The Balaban J connectivity index is 1.69. The van der Waals surface area contributed by atoms with Gasteiger partial charge in [-0.1, -0.05) is 6.42 Å². The van der Waals surface area contributed by atoms with Gasteiger partial charge in [0.2, 0.25) is 0 Å². The SMILES string of the molecule is OC(CN1CCOCC1)C1CCC1. The maximum absolute atomic E-state index is 9.84. The molecule has 0 aromatic heterocycles. The maximum Gasteiger partial charge on any atom is 0.0695 e. The highest BCUT2D eigenvalue weighted by atomic mass is 16.5. The first kappa shape index (κ1) is 9.44. The number of aliphatic hydroxyl groups is 1. The van der Waals surface area contributed by atoms with Gasteiger partial charge in [-0.25, -0.2) is 0 Å². The molecule has 0 amide bonds. The first-order valence-electron chi connectivity index (χ1n) is 5.34. The van der Waals surface area contributed by atoms with Gasteiger partial charge in [0.05, 0.1) is 19.3 Å². The van der Waals surface area contributed by atoms with E-state index in [1.165, 1.54) is 19.3 Å². The summed E-state index contributed by atoms with van der Waals surface area (Å²) in [6.45, 7) is 4.50. The number of β-amino-alcohol motifs (C(OH)–C–C–N with tert-alkyl or cyclic N) is 1. The van der Waals surface area contributed by atoms with Gasteiger partial charge in [-0.3, -0.25) is 4.90 Å². The summed E-state index contributed by atoms with van der Waals surface area (Å²) in [5, 5.41) is 9.84.